The lowest BCUT2D eigenvalue weighted by Gasteiger charge is -2.05. The lowest BCUT2D eigenvalue weighted by Crippen LogP contribution is -2.12. The molecule has 164 valence electrons. The summed E-state index contributed by atoms with van der Waals surface area (Å²) in [5, 5.41) is 11.4. The molecule has 4 rings (SSSR count). The molecule has 2 aromatic carbocycles. The van der Waals surface area contributed by atoms with Crippen LogP contribution in [-0.2, 0) is 10.5 Å². The molecule has 32 heavy (non-hydrogen) atoms. The third-order valence-electron chi connectivity index (χ3n) is 4.80. The number of amides is 1. The third kappa shape index (κ3) is 5.39. The van der Waals surface area contributed by atoms with E-state index in [2.05, 4.69) is 16.7 Å². The Labute approximate surface area is 190 Å². The van der Waals surface area contributed by atoms with Gasteiger partial charge in [0, 0.05) is 41.3 Å². The second-order valence-corrected chi connectivity index (χ2v) is 8.29. The third-order valence-corrected chi connectivity index (χ3v) is 5.81. The van der Waals surface area contributed by atoms with Gasteiger partial charge in [-0.2, -0.15) is 16.9 Å². The highest BCUT2D eigenvalue weighted by Crippen LogP contribution is 2.28. The van der Waals surface area contributed by atoms with E-state index in [1.54, 1.807) is 31.9 Å². The fraction of sp³-hybridized carbons (Fsp3) is 0.208. The Kier molecular flexibility index (Phi) is 6.91. The molecule has 0 saturated heterocycles. The minimum absolute atomic E-state index is 0.0823. The lowest BCUT2D eigenvalue weighted by molar-refractivity contribution is -0.115. The summed E-state index contributed by atoms with van der Waals surface area (Å²) >= 11 is 1.69. The highest BCUT2D eigenvalue weighted by atomic mass is 32.2. The Balaban J connectivity index is 1.44. The highest BCUT2D eigenvalue weighted by molar-refractivity contribution is 7.98. The zero-order valence-corrected chi connectivity index (χ0v) is 18.8. The summed E-state index contributed by atoms with van der Waals surface area (Å²) in [6.07, 6.45) is 2.45. The summed E-state index contributed by atoms with van der Waals surface area (Å²) in [5.41, 5.74) is 4.05. The van der Waals surface area contributed by atoms with Crippen LogP contribution < -0.4 is 10.1 Å². The summed E-state index contributed by atoms with van der Waals surface area (Å²) in [4.78, 5) is 12.1. The number of benzene rings is 2. The van der Waals surface area contributed by atoms with Crippen LogP contribution in [0, 0.1) is 6.92 Å². The zero-order valence-electron chi connectivity index (χ0n) is 17.9. The number of aryl methyl sites for hydroxylation is 1. The number of carbonyl (C=O) groups is 1. The lowest BCUT2D eigenvalue weighted by atomic mass is 10.1. The van der Waals surface area contributed by atoms with Gasteiger partial charge in [-0.15, -0.1) is 0 Å². The molecule has 8 heteroatoms. The number of aromatic nitrogens is 3. The standard InChI is InChI=1S/C24H24N4O3S/c1-17-14-22(27-31-17)25-23(29)12-13-32-16-19-15-28(20-6-4-3-5-7-20)26-24(19)18-8-10-21(30-2)11-9-18/h3-11,14-15H,12-13,16H2,1-2H3,(H,25,27,29). The molecule has 0 atom stereocenters. The topological polar surface area (TPSA) is 82.2 Å². The number of para-hydroxylation sites is 1. The number of rotatable bonds is 9. The Bertz CT molecular complexity index is 1170. The van der Waals surface area contributed by atoms with Crippen molar-refractivity contribution in [3.63, 3.8) is 0 Å². The minimum Gasteiger partial charge on any atom is -0.497 e. The molecule has 2 aromatic heterocycles. The Morgan fingerprint density at radius 3 is 2.62 bits per heavy atom. The number of hydrogen-bond donors (Lipinski definition) is 1. The molecule has 1 amide bonds. The first-order valence-corrected chi connectivity index (χ1v) is 11.4. The maximum Gasteiger partial charge on any atom is 0.226 e. The number of methoxy groups -OCH3 is 1. The van der Waals surface area contributed by atoms with E-state index in [0.29, 0.717) is 23.8 Å². The molecule has 0 spiro atoms. The average molecular weight is 449 g/mol. The van der Waals surface area contributed by atoms with Gasteiger partial charge in [0.15, 0.2) is 5.82 Å². The molecule has 0 bridgehead atoms. The summed E-state index contributed by atoms with van der Waals surface area (Å²) in [7, 11) is 1.65. The Morgan fingerprint density at radius 2 is 1.94 bits per heavy atom. The number of thioether (sulfide) groups is 1. The van der Waals surface area contributed by atoms with Crippen LogP contribution in [0.15, 0.2) is 71.4 Å². The number of hydrogen-bond acceptors (Lipinski definition) is 6. The first-order chi connectivity index (χ1) is 15.6. The van der Waals surface area contributed by atoms with Crippen LogP contribution >= 0.6 is 11.8 Å². The van der Waals surface area contributed by atoms with Crippen molar-refractivity contribution < 1.29 is 14.1 Å². The molecule has 0 unspecified atom stereocenters. The molecular weight excluding hydrogens is 424 g/mol. The second kappa shape index (κ2) is 10.2. The molecule has 0 aliphatic heterocycles. The number of carbonyl (C=O) groups excluding carboxylic acids is 1. The van der Waals surface area contributed by atoms with Gasteiger partial charge in [0.25, 0.3) is 0 Å². The van der Waals surface area contributed by atoms with Crippen molar-refractivity contribution in [1.82, 2.24) is 14.9 Å². The van der Waals surface area contributed by atoms with Crippen molar-refractivity contribution in [3.05, 3.63) is 78.2 Å². The van der Waals surface area contributed by atoms with Gasteiger partial charge in [0.05, 0.1) is 18.5 Å². The Morgan fingerprint density at radius 1 is 1.16 bits per heavy atom. The SMILES string of the molecule is COc1ccc(-c2nn(-c3ccccc3)cc2CSCCC(=O)Nc2cc(C)on2)cc1. The summed E-state index contributed by atoms with van der Waals surface area (Å²) in [6, 6.07) is 19.6. The van der Waals surface area contributed by atoms with Crippen LogP contribution in [0.3, 0.4) is 0 Å². The first kappa shape index (κ1) is 21.7. The monoisotopic (exact) mass is 448 g/mol. The van der Waals surface area contributed by atoms with Crippen molar-refractivity contribution >= 4 is 23.5 Å². The summed E-state index contributed by atoms with van der Waals surface area (Å²) in [6.45, 7) is 1.79. The van der Waals surface area contributed by atoms with Crippen LogP contribution in [0.2, 0.25) is 0 Å². The van der Waals surface area contributed by atoms with Gasteiger partial charge in [0.1, 0.15) is 11.5 Å². The van der Waals surface area contributed by atoms with E-state index >= 15 is 0 Å². The summed E-state index contributed by atoms with van der Waals surface area (Å²) in [5.74, 6) is 3.26. The van der Waals surface area contributed by atoms with E-state index in [4.69, 9.17) is 14.4 Å². The number of anilines is 1. The minimum atomic E-state index is -0.0823. The molecule has 0 aliphatic rings. The average Bonchev–Trinajstić information content (AvgIpc) is 3.43. The van der Waals surface area contributed by atoms with Gasteiger partial charge in [-0.3, -0.25) is 4.79 Å². The normalized spacial score (nSPS) is 10.8. The maximum atomic E-state index is 12.1. The number of ether oxygens (including phenoxy) is 1. The molecule has 2 heterocycles. The van der Waals surface area contributed by atoms with Crippen LogP contribution in [0.25, 0.3) is 16.9 Å². The zero-order chi connectivity index (χ0) is 22.3. The van der Waals surface area contributed by atoms with E-state index in [0.717, 1.165) is 34.0 Å². The van der Waals surface area contributed by atoms with Gasteiger partial charge in [-0.1, -0.05) is 23.4 Å². The number of nitrogens with zero attached hydrogens (tertiary/aromatic N) is 3. The van der Waals surface area contributed by atoms with Crippen molar-refractivity contribution in [2.45, 2.75) is 19.1 Å². The van der Waals surface area contributed by atoms with Crippen molar-refractivity contribution in [1.29, 1.82) is 0 Å². The fourth-order valence-electron chi connectivity index (χ4n) is 3.20. The predicted molar refractivity (Wildman–Crippen MR) is 126 cm³/mol. The molecule has 0 aliphatic carbocycles. The Hall–Kier alpha value is -3.52. The van der Waals surface area contributed by atoms with E-state index in [1.165, 1.54) is 0 Å². The first-order valence-electron chi connectivity index (χ1n) is 10.2. The van der Waals surface area contributed by atoms with Crippen molar-refractivity contribution in [3.8, 4) is 22.7 Å². The highest BCUT2D eigenvalue weighted by Gasteiger charge is 2.13. The van der Waals surface area contributed by atoms with Gasteiger partial charge in [-0.05, 0) is 43.3 Å². The molecule has 4 aromatic rings. The smallest absolute Gasteiger partial charge is 0.226 e. The quantitative estimate of drug-likeness (QED) is 0.359. The van der Waals surface area contributed by atoms with Gasteiger partial charge >= 0.3 is 0 Å². The molecule has 1 N–H and O–H groups in total. The molecule has 0 saturated carbocycles. The second-order valence-electron chi connectivity index (χ2n) is 7.19. The van der Waals surface area contributed by atoms with Crippen LogP contribution in [0.1, 0.15) is 17.7 Å². The number of nitrogens with one attached hydrogen (secondary N) is 1. The van der Waals surface area contributed by atoms with E-state index in [1.807, 2.05) is 59.3 Å². The fourth-order valence-corrected chi connectivity index (χ4v) is 4.10. The van der Waals surface area contributed by atoms with Crippen molar-refractivity contribution in [2.75, 3.05) is 18.2 Å². The molecule has 0 fully saturated rings. The van der Waals surface area contributed by atoms with Crippen molar-refractivity contribution in [2.24, 2.45) is 0 Å². The van der Waals surface area contributed by atoms with Gasteiger partial charge < -0.3 is 14.6 Å². The van der Waals surface area contributed by atoms with Gasteiger partial charge in [0.2, 0.25) is 5.91 Å². The largest absolute Gasteiger partial charge is 0.497 e. The molecule has 7 nitrogen and oxygen atoms in total. The molecule has 0 radical (unpaired) electrons. The van der Waals surface area contributed by atoms with Crippen LogP contribution in [-0.4, -0.2) is 33.7 Å². The van der Waals surface area contributed by atoms with Gasteiger partial charge in [-0.25, -0.2) is 4.68 Å². The van der Waals surface area contributed by atoms with E-state index < -0.39 is 0 Å². The van der Waals surface area contributed by atoms with E-state index in [-0.39, 0.29) is 5.91 Å². The predicted octanol–water partition coefficient (Wildman–Crippen LogP) is 5.11. The van der Waals surface area contributed by atoms with Crippen LogP contribution in [0.4, 0.5) is 5.82 Å². The van der Waals surface area contributed by atoms with Crippen LogP contribution in [0.5, 0.6) is 5.75 Å². The molecular formula is C24H24N4O3S. The summed E-state index contributed by atoms with van der Waals surface area (Å²) < 4.78 is 12.1. The van der Waals surface area contributed by atoms with E-state index in [9.17, 15) is 4.79 Å². The maximum absolute atomic E-state index is 12.1.